The number of carbonyl (C=O) groups excluding carboxylic acids is 1. The van der Waals surface area contributed by atoms with Gasteiger partial charge in [0, 0.05) is 36.3 Å². The summed E-state index contributed by atoms with van der Waals surface area (Å²) in [6, 6.07) is 8.33. The Morgan fingerprint density at radius 1 is 1.17 bits per heavy atom. The van der Waals surface area contributed by atoms with Crippen LogP contribution >= 0.6 is 11.6 Å². The fraction of sp³-hybridized carbons (Fsp3) is 0.381. The number of rotatable bonds is 6. The lowest BCUT2D eigenvalue weighted by Crippen LogP contribution is -2.42. The molecule has 160 valence electrons. The van der Waals surface area contributed by atoms with E-state index in [1.165, 1.54) is 13.2 Å². The van der Waals surface area contributed by atoms with Crippen LogP contribution in [0.25, 0.3) is 0 Å². The van der Waals surface area contributed by atoms with Gasteiger partial charge < -0.3 is 19.7 Å². The highest BCUT2D eigenvalue weighted by molar-refractivity contribution is 6.33. The van der Waals surface area contributed by atoms with Gasteiger partial charge in [-0.1, -0.05) is 11.6 Å². The van der Waals surface area contributed by atoms with Gasteiger partial charge in [-0.2, -0.15) is 0 Å². The standard InChI is InChI=1S/C21H24ClN3O5/c1-13-10-17(16(22)12-18(13)25(27)28)23-15-6-8-24(9-7-15)21(26)14-4-5-19(29-2)20(11-14)30-3/h4-5,10-12,15,23H,6-9H2,1-3H3. The van der Waals surface area contributed by atoms with Crippen LogP contribution in [0.15, 0.2) is 30.3 Å². The Labute approximate surface area is 179 Å². The number of hydrogen-bond donors (Lipinski definition) is 1. The van der Waals surface area contributed by atoms with Crippen molar-refractivity contribution in [2.45, 2.75) is 25.8 Å². The molecule has 0 unspecified atom stereocenters. The summed E-state index contributed by atoms with van der Waals surface area (Å²) in [5.41, 5.74) is 1.77. The lowest BCUT2D eigenvalue weighted by Gasteiger charge is -2.33. The van der Waals surface area contributed by atoms with E-state index in [1.54, 1.807) is 38.3 Å². The first-order valence-corrected chi connectivity index (χ1v) is 9.94. The number of likely N-dealkylation sites (tertiary alicyclic amines) is 1. The first-order valence-electron chi connectivity index (χ1n) is 9.56. The number of nitro benzene ring substituents is 1. The number of aryl methyl sites for hydroxylation is 1. The molecule has 30 heavy (non-hydrogen) atoms. The van der Waals surface area contributed by atoms with Gasteiger partial charge in [0.2, 0.25) is 0 Å². The number of halogens is 1. The van der Waals surface area contributed by atoms with E-state index in [4.69, 9.17) is 21.1 Å². The molecule has 1 N–H and O–H groups in total. The Kier molecular flexibility index (Phi) is 6.66. The van der Waals surface area contributed by atoms with Crippen LogP contribution in [-0.4, -0.2) is 49.1 Å². The van der Waals surface area contributed by atoms with Gasteiger partial charge in [-0.05, 0) is 44.0 Å². The molecule has 0 spiro atoms. The van der Waals surface area contributed by atoms with Crippen LogP contribution in [0.1, 0.15) is 28.8 Å². The molecule has 2 aromatic rings. The highest BCUT2D eigenvalue weighted by Gasteiger charge is 2.25. The Hall–Kier alpha value is -3.00. The molecule has 0 aromatic heterocycles. The molecule has 1 fully saturated rings. The van der Waals surface area contributed by atoms with Gasteiger partial charge in [-0.15, -0.1) is 0 Å². The molecule has 1 aliphatic heterocycles. The Morgan fingerprint density at radius 3 is 2.43 bits per heavy atom. The number of nitro groups is 1. The summed E-state index contributed by atoms with van der Waals surface area (Å²) in [7, 11) is 3.09. The molecule has 0 radical (unpaired) electrons. The van der Waals surface area contributed by atoms with Gasteiger partial charge in [0.15, 0.2) is 11.5 Å². The fourth-order valence-electron chi connectivity index (χ4n) is 3.58. The SMILES string of the molecule is COc1ccc(C(=O)N2CCC(Nc3cc(C)c([N+](=O)[O-])cc3Cl)CC2)cc1OC. The van der Waals surface area contributed by atoms with E-state index < -0.39 is 4.92 Å². The predicted molar refractivity (Wildman–Crippen MR) is 115 cm³/mol. The minimum absolute atomic E-state index is 0.000820. The molecule has 0 aliphatic carbocycles. The molecular formula is C21H24ClN3O5. The van der Waals surface area contributed by atoms with Crippen molar-refractivity contribution in [1.82, 2.24) is 4.90 Å². The zero-order chi connectivity index (χ0) is 21.8. The smallest absolute Gasteiger partial charge is 0.273 e. The van der Waals surface area contributed by atoms with E-state index in [1.807, 2.05) is 4.90 Å². The molecule has 1 amide bonds. The van der Waals surface area contributed by atoms with Gasteiger partial charge in [-0.25, -0.2) is 0 Å². The highest BCUT2D eigenvalue weighted by atomic mass is 35.5. The van der Waals surface area contributed by atoms with Crippen molar-refractivity contribution in [2.24, 2.45) is 0 Å². The molecule has 3 rings (SSSR count). The molecule has 0 saturated carbocycles. The third-order valence-corrected chi connectivity index (χ3v) is 5.57. The van der Waals surface area contributed by atoms with Gasteiger partial charge in [0.1, 0.15) is 0 Å². The number of nitrogens with one attached hydrogen (secondary N) is 1. The zero-order valence-electron chi connectivity index (χ0n) is 17.1. The predicted octanol–water partition coefficient (Wildman–Crippen LogP) is 4.29. The Bertz CT molecular complexity index is 958. The molecule has 2 aromatic carbocycles. The topological polar surface area (TPSA) is 93.9 Å². The summed E-state index contributed by atoms with van der Waals surface area (Å²) in [4.78, 5) is 25.3. The van der Waals surface area contributed by atoms with Crippen molar-refractivity contribution in [3.8, 4) is 11.5 Å². The number of amides is 1. The average Bonchev–Trinajstić information content (AvgIpc) is 2.75. The van der Waals surface area contributed by atoms with E-state index in [-0.39, 0.29) is 17.6 Å². The van der Waals surface area contributed by atoms with Crippen LogP contribution in [-0.2, 0) is 0 Å². The van der Waals surface area contributed by atoms with Crippen molar-refractivity contribution in [3.05, 3.63) is 56.6 Å². The summed E-state index contributed by atoms with van der Waals surface area (Å²) < 4.78 is 10.5. The van der Waals surface area contributed by atoms with Gasteiger partial charge in [-0.3, -0.25) is 14.9 Å². The summed E-state index contributed by atoms with van der Waals surface area (Å²) in [5, 5.41) is 14.7. The number of benzene rings is 2. The van der Waals surface area contributed by atoms with Crippen LogP contribution in [0.2, 0.25) is 5.02 Å². The molecule has 1 heterocycles. The quantitative estimate of drug-likeness (QED) is 0.539. The molecular weight excluding hydrogens is 410 g/mol. The van der Waals surface area contributed by atoms with Crippen molar-refractivity contribution < 1.29 is 19.2 Å². The van der Waals surface area contributed by atoms with Crippen molar-refractivity contribution in [3.63, 3.8) is 0 Å². The van der Waals surface area contributed by atoms with Crippen LogP contribution in [0, 0.1) is 17.0 Å². The van der Waals surface area contributed by atoms with Crippen LogP contribution in [0.3, 0.4) is 0 Å². The largest absolute Gasteiger partial charge is 0.493 e. The summed E-state index contributed by atoms with van der Waals surface area (Å²) in [6.45, 7) is 2.87. The lowest BCUT2D eigenvalue weighted by molar-refractivity contribution is -0.385. The zero-order valence-corrected chi connectivity index (χ0v) is 17.9. The molecule has 8 nitrogen and oxygen atoms in total. The number of ether oxygens (including phenoxy) is 2. The average molecular weight is 434 g/mol. The van der Waals surface area contributed by atoms with E-state index in [0.29, 0.717) is 46.4 Å². The lowest BCUT2D eigenvalue weighted by atomic mass is 10.0. The van der Waals surface area contributed by atoms with E-state index >= 15 is 0 Å². The minimum Gasteiger partial charge on any atom is -0.493 e. The highest BCUT2D eigenvalue weighted by Crippen LogP contribution is 2.32. The maximum atomic E-state index is 12.9. The fourth-order valence-corrected chi connectivity index (χ4v) is 3.79. The van der Waals surface area contributed by atoms with Crippen LogP contribution in [0.5, 0.6) is 11.5 Å². The number of methoxy groups -OCH3 is 2. The van der Waals surface area contributed by atoms with Gasteiger partial charge in [0.05, 0.1) is 29.9 Å². The molecule has 0 bridgehead atoms. The van der Waals surface area contributed by atoms with Crippen LogP contribution < -0.4 is 14.8 Å². The monoisotopic (exact) mass is 433 g/mol. The third kappa shape index (κ3) is 4.59. The summed E-state index contributed by atoms with van der Waals surface area (Å²) in [5.74, 6) is 1.04. The molecule has 9 heteroatoms. The second kappa shape index (κ2) is 9.21. The number of piperidine rings is 1. The second-order valence-electron chi connectivity index (χ2n) is 7.16. The van der Waals surface area contributed by atoms with Crippen molar-refractivity contribution in [1.29, 1.82) is 0 Å². The van der Waals surface area contributed by atoms with Crippen LogP contribution in [0.4, 0.5) is 11.4 Å². The maximum absolute atomic E-state index is 12.9. The summed E-state index contributed by atoms with van der Waals surface area (Å²) in [6.07, 6.45) is 1.48. The first kappa shape index (κ1) is 21.7. The third-order valence-electron chi connectivity index (χ3n) is 5.25. The van der Waals surface area contributed by atoms with Crippen molar-refractivity contribution in [2.75, 3.05) is 32.6 Å². The Balaban J connectivity index is 1.63. The molecule has 0 atom stereocenters. The number of carbonyl (C=O) groups is 1. The van der Waals surface area contributed by atoms with E-state index in [0.717, 1.165) is 12.8 Å². The maximum Gasteiger partial charge on any atom is 0.273 e. The Morgan fingerprint density at radius 2 is 1.83 bits per heavy atom. The molecule has 1 aliphatic rings. The normalized spacial score (nSPS) is 14.3. The number of hydrogen-bond acceptors (Lipinski definition) is 6. The van der Waals surface area contributed by atoms with Gasteiger partial charge in [0.25, 0.3) is 11.6 Å². The van der Waals surface area contributed by atoms with Gasteiger partial charge >= 0.3 is 0 Å². The number of anilines is 1. The first-order chi connectivity index (χ1) is 14.3. The molecule has 1 saturated heterocycles. The minimum atomic E-state index is -0.441. The van der Waals surface area contributed by atoms with Crippen molar-refractivity contribution >= 4 is 28.9 Å². The summed E-state index contributed by atoms with van der Waals surface area (Å²) >= 11 is 6.22. The second-order valence-corrected chi connectivity index (χ2v) is 7.56. The number of nitrogens with zero attached hydrogens (tertiary/aromatic N) is 2. The van der Waals surface area contributed by atoms with E-state index in [9.17, 15) is 14.9 Å². The van der Waals surface area contributed by atoms with E-state index in [2.05, 4.69) is 5.32 Å².